The number of aromatic nitrogens is 3. The van der Waals surface area contributed by atoms with Gasteiger partial charge in [-0.15, -0.1) is 5.10 Å². The minimum atomic E-state index is -3.67. The van der Waals surface area contributed by atoms with Gasteiger partial charge in [-0.3, -0.25) is 4.79 Å². The molecular weight excluding hydrogens is 422 g/mol. The highest BCUT2D eigenvalue weighted by Gasteiger charge is 2.20. The topological polar surface area (TPSA) is 116 Å². The van der Waals surface area contributed by atoms with E-state index in [1.54, 1.807) is 11.7 Å². The molecule has 2 heterocycles. The van der Waals surface area contributed by atoms with E-state index in [4.69, 9.17) is 9.47 Å². The van der Waals surface area contributed by atoms with Gasteiger partial charge in [0, 0.05) is 26.8 Å². The molecule has 11 heteroatoms. The number of carbonyl (C=O) groups excluding carboxylic acids is 1. The van der Waals surface area contributed by atoms with Crippen LogP contribution >= 0.6 is 0 Å². The van der Waals surface area contributed by atoms with E-state index >= 15 is 0 Å². The fourth-order valence-corrected chi connectivity index (χ4v) is 4.05. The van der Waals surface area contributed by atoms with Crippen LogP contribution in [0.3, 0.4) is 0 Å². The number of pyridine rings is 1. The first-order valence-corrected chi connectivity index (χ1v) is 10.8. The molecule has 1 amide bonds. The molecule has 0 spiro atoms. The molecule has 166 valence electrons. The number of sulfonamides is 1. The molecule has 0 fully saturated rings. The normalized spacial score (nSPS) is 11.7. The molecule has 2 aromatic heterocycles. The van der Waals surface area contributed by atoms with Gasteiger partial charge in [0.25, 0.3) is 5.91 Å². The van der Waals surface area contributed by atoms with E-state index in [1.807, 2.05) is 19.9 Å². The Kier molecular flexibility index (Phi) is 6.18. The van der Waals surface area contributed by atoms with E-state index in [2.05, 4.69) is 15.4 Å². The van der Waals surface area contributed by atoms with Gasteiger partial charge in [0.05, 0.1) is 23.1 Å². The number of ether oxygens (including phenoxy) is 2. The number of rotatable bonds is 7. The smallest absolute Gasteiger partial charge is 0.262 e. The van der Waals surface area contributed by atoms with Crippen LogP contribution in [-0.2, 0) is 21.9 Å². The number of hydrogen-bond donors (Lipinski definition) is 1. The molecule has 0 saturated heterocycles. The lowest BCUT2D eigenvalue weighted by Gasteiger charge is -2.15. The quantitative estimate of drug-likeness (QED) is 0.588. The summed E-state index contributed by atoms with van der Waals surface area (Å²) in [5, 5.41) is 7.69. The van der Waals surface area contributed by atoms with E-state index in [0.29, 0.717) is 17.3 Å². The Morgan fingerprint density at radius 3 is 2.58 bits per heavy atom. The monoisotopic (exact) mass is 447 g/mol. The fraction of sp³-hybridized carbons (Fsp3) is 0.350. The van der Waals surface area contributed by atoms with Gasteiger partial charge in [0.2, 0.25) is 15.9 Å². The summed E-state index contributed by atoms with van der Waals surface area (Å²) in [6.45, 7) is 3.49. The third-order valence-corrected chi connectivity index (χ3v) is 6.46. The van der Waals surface area contributed by atoms with E-state index in [0.717, 1.165) is 20.9 Å². The molecule has 0 bridgehead atoms. The second-order valence-corrected chi connectivity index (χ2v) is 9.35. The van der Waals surface area contributed by atoms with Gasteiger partial charge in [0.15, 0.2) is 12.3 Å². The summed E-state index contributed by atoms with van der Waals surface area (Å²) in [5.41, 5.74) is 2.68. The first-order chi connectivity index (χ1) is 14.5. The summed E-state index contributed by atoms with van der Waals surface area (Å²) in [5.74, 6) is 0.132. The summed E-state index contributed by atoms with van der Waals surface area (Å²) in [4.78, 5) is 17.0. The summed E-state index contributed by atoms with van der Waals surface area (Å²) in [6, 6.07) is 6.16. The van der Waals surface area contributed by atoms with E-state index in [-0.39, 0.29) is 17.2 Å². The van der Waals surface area contributed by atoms with Crippen LogP contribution in [0.2, 0.25) is 0 Å². The van der Waals surface area contributed by atoms with Gasteiger partial charge >= 0.3 is 0 Å². The van der Waals surface area contributed by atoms with Crippen molar-refractivity contribution in [2.24, 2.45) is 7.05 Å². The highest BCUT2D eigenvalue weighted by Crippen LogP contribution is 2.29. The molecule has 0 atom stereocenters. The number of anilines is 1. The SMILES string of the molecule is COc1ccc(S(=O)(=O)N(C)C)cc1NC(=O)COc1nn(C)c2nc(C)cc(C)c12. The molecule has 3 aromatic rings. The largest absolute Gasteiger partial charge is 0.495 e. The maximum absolute atomic E-state index is 12.5. The Morgan fingerprint density at radius 1 is 1.23 bits per heavy atom. The lowest BCUT2D eigenvalue weighted by Crippen LogP contribution is -2.23. The van der Waals surface area contributed by atoms with Gasteiger partial charge in [-0.05, 0) is 43.7 Å². The van der Waals surface area contributed by atoms with Gasteiger partial charge in [-0.25, -0.2) is 22.4 Å². The van der Waals surface area contributed by atoms with Crippen LogP contribution in [-0.4, -0.2) is 61.2 Å². The number of aryl methyl sites for hydroxylation is 3. The van der Waals surface area contributed by atoms with Crippen LogP contribution in [0.15, 0.2) is 29.2 Å². The van der Waals surface area contributed by atoms with Gasteiger partial charge in [-0.2, -0.15) is 0 Å². The minimum Gasteiger partial charge on any atom is -0.495 e. The highest BCUT2D eigenvalue weighted by molar-refractivity contribution is 7.89. The van der Waals surface area contributed by atoms with Gasteiger partial charge in [0.1, 0.15) is 5.75 Å². The number of hydrogen-bond acceptors (Lipinski definition) is 7. The van der Waals surface area contributed by atoms with Crippen molar-refractivity contribution in [1.82, 2.24) is 19.1 Å². The number of nitrogens with one attached hydrogen (secondary N) is 1. The number of methoxy groups -OCH3 is 1. The van der Waals surface area contributed by atoms with E-state index in [1.165, 1.54) is 39.4 Å². The summed E-state index contributed by atoms with van der Waals surface area (Å²) in [7, 11) is 2.38. The predicted octanol–water partition coefficient (Wildman–Crippen LogP) is 1.86. The van der Waals surface area contributed by atoms with Crippen molar-refractivity contribution in [3.8, 4) is 11.6 Å². The zero-order valence-corrected chi connectivity index (χ0v) is 19.1. The van der Waals surface area contributed by atoms with Crippen molar-refractivity contribution in [2.75, 3.05) is 33.1 Å². The lowest BCUT2D eigenvalue weighted by atomic mass is 10.2. The van der Waals surface area contributed by atoms with Crippen LogP contribution in [0, 0.1) is 13.8 Å². The Balaban J connectivity index is 1.81. The van der Waals surface area contributed by atoms with E-state index < -0.39 is 15.9 Å². The fourth-order valence-electron chi connectivity index (χ4n) is 3.13. The third-order valence-electron chi connectivity index (χ3n) is 4.65. The molecule has 10 nitrogen and oxygen atoms in total. The zero-order chi connectivity index (χ0) is 22.9. The van der Waals surface area contributed by atoms with Crippen molar-refractivity contribution in [3.63, 3.8) is 0 Å². The Bertz CT molecular complexity index is 1250. The van der Waals surface area contributed by atoms with Crippen LogP contribution in [0.25, 0.3) is 11.0 Å². The van der Waals surface area contributed by atoms with Crippen molar-refractivity contribution in [2.45, 2.75) is 18.7 Å². The number of amides is 1. The molecule has 3 rings (SSSR count). The summed E-state index contributed by atoms with van der Waals surface area (Å²) >= 11 is 0. The van der Waals surface area contributed by atoms with Crippen LogP contribution < -0.4 is 14.8 Å². The molecule has 31 heavy (non-hydrogen) atoms. The summed E-state index contributed by atoms with van der Waals surface area (Å²) in [6.07, 6.45) is 0. The highest BCUT2D eigenvalue weighted by atomic mass is 32.2. The molecule has 0 aliphatic carbocycles. The molecule has 0 aliphatic heterocycles. The Hall–Kier alpha value is -3.18. The number of fused-ring (bicyclic) bond motifs is 1. The Morgan fingerprint density at radius 2 is 1.94 bits per heavy atom. The number of carbonyl (C=O) groups is 1. The third kappa shape index (κ3) is 4.47. The van der Waals surface area contributed by atoms with Crippen LogP contribution in [0.4, 0.5) is 5.69 Å². The average Bonchev–Trinajstić information content (AvgIpc) is 3.02. The predicted molar refractivity (Wildman–Crippen MR) is 116 cm³/mol. The maximum atomic E-state index is 12.5. The molecule has 1 aromatic carbocycles. The maximum Gasteiger partial charge on any atom is 0.262 e. The first-order valence-electron chi connectivity index (χ1n) is 9.38. The molecule has 0 unspecified atom stereocenters. The molecule has 0 saturated carbocycles. The average molecular weight is 448 g/mol. The second-order valence-electron chi connectivity index (χ2n) is 7.19. The Labute approximate surface area is 180 Å². The van der Waals surface area contributed by atoms with Crippen molar-refractivity contribution in [1.29, 1.82) is 0 Å². The van der Waals surface area contributed by atoms with Gasteiger partial charge in [-0.1, -0.05) is 0 Å². The second kappa shape index (κ2) is 8.52. The number of benzene rings is 1. The van der Waals surface area contributed by atoms with Crippen LogP contribution in [0.1, 0.15) is 11.3 Å². The molecular formula is C20H25N5O5S. The lowest BCUT2D eigenvalue weighted by molar-refractivity contribution is -0.118. The van der Waals surface area contributed by atoms with Crippen LogP contribution in [0.5, 0.6) is 11.6 Å². The summed E-state index contributed by atoms with van der Waals surface area (Å²) < 4.78 is 38.4. The first kappa shape index (κ1) is 22.5. The number of nitrogens with zero attached hydrogens (tertiary/aromatic N) is 4. The molecule has 0 radical (unpaired) electrons. The van der Waals surface area contributed by atoms with E-state index in [9.17, 15) is 13.2 Å². The molecule has 1 N–H and O–H groups in total. The van der Waals surface area contributed by atoms with Crippen molar-refractivity contribution in [3.05, 3.63) is 35.5 Å². The standard InChI is InChI=1S/C20H25N5O5S/c1-12-9-13(2)21-19-18(12)20(23-25(19)5)30-11-17(26)22-15-10-14(7-8-16(15)29-6)31(27,28)24(3)4/h7-10H,11H2,1-6H3,(H,22,26). The minimum absolute atomic E-state index is 0.0299. The van der Waals surface area contributed by atoms with Gasteiger partial charge < -0.3 is 14.8 Å². The molecule has 0 aliphatic rings. The zero-order valence-electron chi connectivity index (χ0n) is 18.3. The van der Waals surface area contributed by atoms with Crippen molar-refractivity contribution >= 4 is 32.7 Å². The van der Waals surface area contributed by atoms with Crippen molar-refractivity contribution < 1.29 is 22.7 Å².